The minimum Gasteiger partial charge on any atom is -0.326 e. The van der Waals surface area contributed by atoms with E-state index in [0.29, 0.717) is 12.0 Å². The molecule has 3 rings (SSSR count). The zero-order valence-corrected chi connectivity index (χ0v) is 11.1. The van der Waals surface area contributed by atoms with Crippen LogP contribution in [0.2, 0.25) is 0 Å². The number of thiophene rings is 1. The zero-order chi connectivity index (χ0) is 13.2. The van der Waals surface area contributed by atoms with Gasteiger partial charge in [-0.15, -0.1) is 0 Å². The van der Waals surface area contributed by atoms with Crippen LogP contribution in [0.15, 0.2) is 35.0 Å². The van der Waals surface area contributed by atoms with Crippen molar-refractivity contribution in [1.82, 2.24) is 0 Å². The molecular weight excluding hydrogens is 258 g/mol. The highest BCUT2D eigenvalue weighted by Gasteiger charge is 2.16. The molecule has 96 valence electrons. The highest BCUT2D eigenvalue weighted by molar-refractivity contribution is 7.08. The molecule has 0 saturated carbocycles. The Morgan fingerprint density at radius 3 is 2.84 bits per heavy atom. The fourth-order valence-corrected chi connectivity index (χ4v) is 2.91. The molecular formula is C15H13NO2S. The van der Waals surface area contributed by atoms with Gasteiger partial charge in [0.05, 0.1) is 0 Å². The second kappa shape index (κ2) is 4.97. The number of hydrogen-bond acceptors (Lipinski definition) is 3. The number of benzene rings is 1. The van der Waals surface area contributed by atoms with Crippen molar-refractivity contribution in [1.29, 1.82) is 0 Å². The third kappa shape index (κ3) is 2.44. The van der Waals surface area contributed by atoms with E-state index in [-0.39, 0.29) is 11.7 Å². The zero-order valence-electron chi connectivity index (χ0n) is 10.3. The number of amides is 1. The Kier molecular flexibility index (Phi) is 3.17. The van der Waals surface area contributed by atoms with Gasteiger partial charge in [-0.05, 0) is 48.1 Å². The van der Waals surface area contributed by atoms with Crippen molar-refractivity contribution in [2.45, 2.75) is 19.3 Å². The van der Waals surface area contributed by atoms with Gasteiger partial charge in [-0.1, -0.05) is 0 Å². The maximum absolute atomic E-state index is 12.3. The molecule has 1 aromatic heterocycles. The second-order valence-electron chi connectivity index (χ2n) is 4.61. The Bertz CT molecular complexity index is 632. The van der Waals surface area contributed by atoms with Gasteiger partial charge in [-0.3, -0.25) is 9.59 Å². The van der Waals surface area contributed by atoms with Crippen molar-refractivity contribution in [3.8, 4) is 0 Å². The monoisotopic (exact) mass is 271 g/mol. The molecule has 4 heteroatoms. The highest BCUT2D eigenvalue weighted by Crippen LogP contribution is 2.24. The van der Waals surface area contributed by atoms with Crippen molar-refractivity contribution in [2.75, 3.05) is 5.32 Å². The topological polar surface area (TPSA) is 46.2 Å². The SMILES string of the molecule is O=C1CCCc2cc(C(=O)c3ccsc3)ccc2N1. The van der Waals surface area contributed by atoms with Gasteiger partial charge in [-0.2, -0.15) is 11.3 Å². The van der Waals surface area contributed by atoms with Gasteiger partial charge in [0.25, 0.3) is 0 Å². The van der Waals surface area contributed by atoms with Crippen LogP contribution in [0, 0.1) is 0 Å². The molecule has 0 atom stereocenters. The summed E-state index contributed by atoms with van der Waals surface area (Å²) in [4.78, 5) is 23.7. The number of ketones is 1. The van der Waals surface area contributed by atoms with Crippen LogP contribution in [-0.4, -0.2) is 11.7 Å². The molecule has 0 spiro atoms. The molecule has 2 aromatic rings. The Morgan fingerprint density at radius 1 is 1.16 bits per heavy atom. The first-order chi connectivity index (χ1) is 9.24. The van der Waals surface area contributed by atoms with Crippen LogP contribution < -0.4 is 5.32 Å². The van der Waals surface area contributed by atoms with Crippen LogP contribution in [-0.2, 0) is 11.2 Å². The van der Waals surface area contributed by atoms with Crippen LogP contribution in [0.5, 0.6) is 0 Å². The fourth-order valence-electron chi connectivity index (χ4n) is 2.28. The van der Waals surface area contributed by atoms with Gasteiger partial charge >= 0.3 is 0 Å². The summed E-state index contributed by atoms with van der Waals surface area (Å²) in [7, 11) is 0. The van der Waals surface area contributed by atoms with E-state index in [1.165, 1.54) is 11.3 Å². The molecule has 19 heavy (non-hydrogen) atoms. The van der Waals surface area contributed by atoms with E-state index in [2.05, 4.69) is 5.32 Å². The molecule has 0 saturated heterocycles. The molecule has 2 heterocycles. The van der Waals surface area contributed by atoms with Crippen LogP contribution in [0.25, 0.3) is 0 Å². The lowest BCUT2D eigenvalue weighted by atomic mass is 10.00. The summed E-state index contributed by atoms with van der Waals surface area (Å²) < 4.78 is 0. The van der Waals surface area contributed by atoms with E-state index in [9.17, 15) is 9.59 Å². The van der Waals surface area contributed by atoms with Crippen LogP contribution in [0.3, 0.4) is 0 Å². The van der Waals surface area contributed by atoms with Crippen molar-refractivity contribution in [2.24, 2.45) is 0 Å². The third-order valence-electron chi connectivity index (χ3n) is 3.27. The number of aryl methyl sites for hydroxylation is 1. The molecule has 3 nitrogen and oxygen atoms in total. The lowest BCUT2D eigenvalue weighted by Crippen LogP contribution is -2.09. The number of fused-ring (bicyclic) bond motifs is 1. The molecule has 1 N–H and O–H groups in total. The summed E-state index contributed by atoms with van der Waals surface area (Å²) in [5, 5.41) is 6.63. The first-order valence-corrected chi connectivity index (χ1v) is 7.18. The summed E-state index contributed by atoms with van der Waals surface area (Å²) in [6, 6.07) is 7.35. The molecule has 1 aromatic carbocycles. The first kappa shape index (κ1) is 12.1. The number of carbonyl (C=O) groups excluding carboxylic acids is 2. The van der Waals surface area contributed by atoms with Gasteiger partial charge in [0.15, 0.2) is 5.78 Å². The predicted molar refractivity (Wildman–Crippen MR) is 75.8 cm³/mol. The number of carbonyl (C=O) groups is 2. The fraction of sp³-hybridized carbons (Fsp3) is 0.200. The van der Waals surface area contributed by atoms with Crippen molar-refractivity contribution in [3.63, 3.8) is 0 Å². The molecule has 0 aliphatic carbocycles. The van der Waals surface area contributed by atoms with Gasteiger partial charge in [0, 0.05) is 28.6 Å². The van der Waals surface area contributed by atoms with E-state index in [1.807, 2.05) is 29.0 Å². The normalized spacial score (nSPS) is 14.4. The summed E-state index contributed by atoms with van der Waals surface area (Å²) in [6.07, 6.45) is 2.20. The molecule has 1 amide bonds. The predicted octanol–water partition coefficient (Wildman–Crippen LogP) is 3.25. The summed E-state index contributed by atoms with van der Waals surface area (Å²) >= 11 is 1.52. The first-order valence-electron chi connectivity index (χ1n) is 6.24. The lowest BCUT2D eigenvalue weighted by Gasteiger charge is -2.08. The molecule has 0 unspecified atom stereocenters. The Labute approximate surface area is 115 Å². The van der Waals surface area contributed by atoms with Crippen molar-refractivity contribution < 1.29 is 9.59 Å². The van der Waals surface area contributed by atoms with Crippen LogP contribution in [0.4, 0.5) is 5.69 Å². The Balaban J connectivity index is 1.95. The largest absolute Gasteiger partial charge is 0.326 e. The van der Waals surface area contributed by atoms with Gasteiger partial charge in [0.2, 0.25) is 5.91 Å². The summed E-state index contributed by atoms with van der Waals surface area (Å²) in [5.74, 6) is 0.0929. The van der Waals surface area contributed by atoms with E-state index in [0.717, 1.165) is 29.7 Å². The smallest absolute Gasteiger partial charge is 0.224 e. The Morgan fingerprint density at radius 2 is 2.05 bits per heavy atom. The minimum absolute atomic E-state index is 0.0413. The quantitative estimate of drug-likeness (QED) is 0.852. The van der Waals surface area contributed by atoms with Crippen molar-refractivity contribution >= 4 is 28.7 Å². The van der Waals surface area contributed by atoms with Gasteiger partial charge in [-0.25, -0.2) is 0 Å². The average molecular weight is 271 g/mol. The third-order valence-corrected chi connectivity index (χ3v) is 3.96. The van der Waals surface area contributed by atoms with E-state index in [4.69, 9.17) is 0 Å². The second-order valence-corrected chi connectivity index (χ2v) is 5.39. The molecule has 0 bridgehead atoms. The maximum atomic E-state index is 12.3. The van der Waals surface area contributed by atoms with Gasteiger partial charge < -0.3 is 5.32 Å². The van der Waals surface area contributed by atoms with E-state index >= 15 is 0 Å². The summed E-state index contributed by atoms with van der Waals surface area (Å²) in [6.45, 7) is 0. The molecule has 1 aliphatic heterocycles. The minimum atomic E-state index is 0.0413. The number of hydrogen-bond donors (Lipinski definition) is 1. The number of nitrogens with one attached hydrogen (secondary N) is 1. The van der Waals surface area contributed by atoms with Crippen molar-refractivity contribution in [3.05, 3.63) is 51.7 Å². The van der Waals surface area contributed by atoms with E-state index in [1.54, 1.807) is 6.07 Å². The average Bonchev–Trinajstić information content (AvgIpc) is 2.87. The standard InChI is InChI=1S/C15H13NO2S/c17-14-3-1-2-10-8-11(4-5-13(10)16-14)15(18)12-6-7-19-9-12/h4-9H,1-3H2,(H,16,17). The summed E-state index contributed by atoms with van der Waals surface area (Å²) in [5.41, 5.74) is 3.30. The van der Waals surface area contributed by atoms with Crippen LogP contribution in [0.1, 0.15) is 34.3 Å². The van der Waals surface area contributed by atoms with Gasteiger partial charge in [0.1, 0.15) is 0 Å². The lowest BCUT2D eigenvalue weighted by molar-refractivity contribution is -0.116. The highest BCUT2D eigenvalue weighted by atomic mass is 32.1. The van der Waals surface area contributed by atoms with E-state index < -0.39 is 0 Å². The Hall–Kier alpha value is -1.94. The van der Waals surface area contributed by atoms with Crippen LogP contribution >= 0.6 is 11.3 Å². The molecule has 0 fully saturated rings. The number of rotatable bonds is 2. The maximum Gasteiger partial charge on any atom is 0.224 e. The molecule has 0 radical (unpaired) electrons. The molecule has 1 aliphatic rings. The number of anilines is 1.